The minimum absolute atomic E-state index is 0.168. The van der Waals surface area contributed by atoms with Crippen LogP contribution in [0.25, 0.3) is 0 Å². The molecule has 0 bridgehead atoms. The highest BCUT2D eigenvalue weighted by atomic mass is 79.9. The molecule has 3 aromatic carbocycles. The van der Waals surface area contributed by atoms with Gasteiger partial charge in [-0.05, 0) is 64.7 Å². The maximum absolute atomic E-state index is 13.7. The molecule has 3 aliphatic heterocycles. The first-order valence-electron chi connectivity index (χ1n) is 12.5. The smallest absolute Gasteiger partial charge is 0.256 e. The molecule has 8 nitrogen and oxygen atoms in total. The maximum Gasteiger partial charge on any atom is 0.256 e. The van der Waals surface area contributed by atoms with Gasteiger partial charge in [0.05, 0.1) is 17.5 Å². The van der Waals surface area contributed by atoms with Gasteiger partial charge in [0.25, 0.3) is 11.9 Å². The van der Waals surface area contributed by atoms with E-state index in [1.165, 1.54) is 7.11 Å². The number of para-hydroxylation sites is 1. The monoisotopic (exact) mass is 631 g/mol. The summed E-state index contributed by atoms with van der Waals surface area (Å²) in [7, 11) is 1.53. The van der Waals surface area contributed by atoms with Crippen molar-refractivity contribution < 1.29 is 19.2 Å². The van der Waals surface area contributed by atoms with Crippen LogP contribution in [0, 0.1) is 10.1 Å². The van der Waals surface area contributed by atoms with Gasteiger partial charge in [0.15, 0.2) is 17.0 Å². The summed E-state index contributed by atoms with van der Waals surface area (Å²) in [5.74, 6) is -0.0202. The predicted molar refractivity (Wildman–Crippen MR) is 151 cm³/mol. The first-order chi connectivity index (χ1) is 18.8. The Morgan fingerprint density at radius 2 is 2.00 bits per heavy atom. The average Bonchev–Trinajstić information content (AvgIpc) is 3.57. The van der Waals surface area contributed by atoms with Gasteiger partial charge >= 0.3 is 0 Å². The average molecular weight is 633 g/mol. The molecule has 3 aromatic rings. The van der Waals surface area contributed by atoms with Gasteiger partial charge in [0.1, 0.15) is 6.61 Å². The molecule has 3 aliphatic rings. The molecular formula is C28H24BrCl2N3O5. The Morgan fingerprint density at radius 1 is 1.21 bits per heavy atom. The number of halogens is 3. The summed E-state index contributed by atoms with van der Waals surface area (Å²) in [6, 6.07) is 14.7. The summed E-state index contributed by atoms with van der Waals surface area (Å²) < 4.78 is 12.4. The lowest BCUT2D eigenvalue weighted by Crippen LogP contribution is -2.55. The first-order valence-corrected chi connectivity index (χ1v) is 14.1. The van der Waals surface area contributed by atoms with Crippen LogP contribution in [-0.2, 0) is 16.9 Å². The number of carbonyl (C=O) groups excluding carboxylic acids is 1. The second-order valence-electron chi connectivity index (χ2n) is 9.98. The van der Waals surface area contributed by atoms with Crippen molar-refractivity contribution in [1.82, 2.24) is 4.90 Å². The zero-order valence-corrected chi connectivity index (χ0v) is 23.9. The highest BCUT2D eigenvalue weighted by Crippen LogP contribution is 2.58. The normalized spacial score (nSPS) is 25.4. The topological polar surface area (TPSA) is 93.9 Å². The van der Waals surface area contributed by atoms with E-state index in [1.54, 1.807) is 30.3 Å². The number of ether oxygens (including phenoxy) is 2. The Hall–Kier alpha value is -2.85. The van der Waals surface area contributed by atoms with Crippen molar-refractivity contribution in [2.45, 2.75) is 43.0 Å². The number of hydrogen-bond acceptors (Lipinski definition) is 6. The lowest BCUT2D eigenvalue weighted by atomic mass is 9.77. The Kier molecular flexibility index (Phi) is 6.74. The molecule has 1 amide bonds. The molecule has 1 spiro atoms. The fourth-order valence-corrected chi connectivity index (χ4v) is 7.67. The molecule has 0 aliphatic carbocycles. The minimum atomic E-state index is -1.38. The van der Waals surface area contributed by atoms with Crippen LogP contribution in [0.2, 0.25) is 10.0 Å². The number of benzene rings is 3. The third-order valence-electron chi connectivity index (χ3n) is 8.12. The van der Waals surface area contributed by atoms with Gasteiger partial charge in [-0.25, -0.2) is 0 Å². The lowest BCUT2D eigenvalue weighted by Gasteiger charge is -2.32. The van der Waals surface area contributed by atoms with Gasteiger partial charge in [-0.2, -0.15) is 0 Å². The van der Waals surface area contributed by atoms with Crippen LogP contribution in [-0.4, -0.2) is 41.5 Å². The van der Waals surface area contributed by atoms with E-state index in [9.17, 15) is 14.9 Å². The minimum Gasteiger partial charge on any atom is -0.493 e. The Morgan fingerprint density at radius 3 is 2.74 bits per heavy atom. The molecule has 2 saturated heterocycles. The van der Waals surface area contributed by atoms with Crippen LogP contribution in [0.4, 0.5) is 5.69 Å². The number of rotatable bonds is 6. The quantitative estimate of drug-likeness (QED) is 0.250. The van der Waals surface area contributed by atoms with E-state index in [1.807, 2.05) is 24.3 Å². The zero-order chi connectivity index (χ0) is 27.5. The van der Waals surface area contributed by atoms with Crippen LogP contribution in [0.15, 0.2) is 59.1 Å². The molecule has 39 heavy (non-hydrogen) atoms. The van der Waals surface area contributed by atoms with Gasteiger partial charge < -0.3 is 14.8 Å². The highest BCUT2D eigenvalue weighted by molar-refractivity contribution is 9.10. The summed E-state index contributed by atoms with van der Waals surface area (Å²) in [6.07, 6.45) is 1.60. The van der Waals surface area contributed by atoms with Gasteiger partial charge in [-0.3, -0.25) is 19.8 Å². The summed E-state index contributed by atoms with van der Waals surface area (Å²) in [5.41, 5.74) is 1.37. The van der Waals surface area contributed by atoms with Crippen LogP contribution in [0.5, 0.6) is 11.5 Å². The van der Waals surface area contributed by atoms with Gasteiger partial charge in [0.2, 0.25) is 0 Å². The third-order valence-corrected chi connectivity index (χ3v) is 9.29. The highest BCUT2D eigenvalue weighted by Gasteiger charge is 2.73. The van der Waals surface area contributed by atoms with E-state index in [4.69, 9.17) is 32.7 Å². The second kappa shape index (κ2) is 9.96. The van der Waals surface area contributed by atoms with E-state index in [0.717, 1.165) is 18.4 Å². The van der Waals surface area contributed by atoms with Crippen molar-refractivity contribution in [3.8, 4) is 11.5 Å². The standard InChI is InChI=1S/C28H24BrCl2N3O5/c1-38-23-12-16(11-19(29)25(23)39-14-15-8-9-17(30)13-20(15)31)24-22-7-4-10-33(22)28(26(24)34(36)37)18-5-2-3-6-21(18)32-27(28)35/h2-3,5-6,8-9,11-13,22,24,26H,4,7,10,14H2,1H3,(H,32,35)/t22-,24+,26-,28+/m0/s1. The van der Waals surface area contributed by atoms with Gasteiger partial charge in [0, 0.05) is 44.4 Å². The van der Waals surface area contributed by atoms with E-state index in [2.05, 4.69) is 26.1 Å². The van der Waals surface area contributed by atoms with Crippen molar-refractivity contribution in [2.75, 3.05) is 19.0 Å². The predicted octanol–water partition coefficient (Wildman–Crippen LogP) is 6.40. The number of fused-ring (bicyclic) bond motifs is 4. The number of nitrogens with zero attached hydrogens (tertiary/aromatic N) is 2. The van der Waals surface area contributed by atoms with Crippen molar-refractivity contribution in [3.05, 3.63) is 95.9 Å². The number of carbonyl (C=O) groups is 1. The molecule has 0 radical (unpaired) electrons. The second-order valence-corrected chi connectivity index (χ2v) is 11.7. The molecule has 4 atom stereocenters. The molecule has 2 fully saturated rings. The van der Waals surface area contributed by atoms with E-state index in [-0.39, 0.29) is 23.5 Å². The summed E-state index contributed by atoms with van der Waals surface area (Å²) >= 11 is 15.9. The SMILES string of the molecule is COc1cc([C@H]2[C@H]([N+](=O)[O-])[C@]3(C(=O)Nc4ccccc43)N3CCC[C@@H]23)cc(Br)c1OCc1ccc(Cl)cc1Cl. The van der Waals surface area contributed by atoms with Gasteiger partial charge in [-0.15, -0.1) is 0 Å². The van der Waals surface area contributed by atoms with Crippen molar-refractivity contribution in [1.29, 1.82) is 0 Å². The summed E-state index contributed by atoms with van der Waals surface area (Å²) in [4.78, 5) is 28.3. The molecule has 1 N–H and O–H groups in total. The Bertz CT molecular complexity index is 1500. The van der Waals surface area contributed by atoms with E-state index >= 15 is 0 Å². The number of amides is 1. The van der Waals surface area contributed by atoms with Crippen molar-refractivity contribution >= 4 is 50.7 Å². The molecule has 0 saturated carbocycles. The molecule has 0 unspecified atom stereocenters. The van der Waals surface area contributed by atoms with Crippen LogP contribution >= 0.6 is 39.1 Å². The van der Waals surface area contributed by atoms with Crippen molar-refractivity contribution in [2.24, 2.45) is 0 Å². The summed E-state index contributed by atoms with van der Waals surface area (Å²) in [6.45, 7) is 0.774. The van der Waals surface area contributed by atoms with Crippen molar-refractivity contribution in [3.63, 3.8) is 0 Å². The third kappa shape index (κ3) is 4.01. The molecule has 3 heterocycles. The first kappa shape index (κ1) is 26.4. The van der Waals surface area contributed by atoms with E-state index < -0.39 is 17.5 Å². The number of nitrogens with one attached hydrogen (secondary N) is 1. The molecule has 0 aromatic heterocycles. The van der Waals surface area contributed by atoms with Crippen LogP contribution < -0.4 is 14.8 Å². The Balaban J connectivity index is 1.42. The number of methoxy groups -OCH3 is 1. The van der Waals surface area contributed by atoms with Crippen LogP contribution in [0.3, 0.4) is 0 Å². The van der Waals surface area contributed by atoms with Crippen LogP contribution in [0.1, 0.15) is 35.4 Å². The molecule has 202 valence electrons. The number of nitro groups is 1. The molecule has 11 heteroatoms. The zero-order valence-electron chi connectivity index (χ0n) is 20.8. The molecule has 6 rings (SSSR count). The van der Waals surface area contributed by atoms with Gasteiger partial charge in [-0.1, -0.05) is 47.5 Å². The summed E-state index contributed by atoms with van der Waals surface area (Å²) in [5, 5.41) is 16.8. The van der Waals surface area contributed by atoms with E-state index in [0.29, 0.717) is 49.4 Å². The lowest BCUT2D eigenvalue weighted by molar-refractivity contribution is -0.534. The Labute approximate surface area is 243 Å². The largest absolute Gasteiger partial charge is 0.493 e. The fraction of sp³-hybridized carbons (Fsp3) is 0.321. The molecular weight excluding hydrogens is 609 g/mol. The number of anilines is 1. The maximum atomic E-state index is 13.7. The fourth-order valence-electron chi connectivity index (χ4n) is 6.64. The number of hydrogen-bond donors (Lipinski definition) is 1.